The number of nitrogens with two attached hydrogens (primary N) is 1. The summed E-state index contributed by atoms with van der Waals surface area (Å²) in [4.78, 5) is 28.1. The van der Waals surface area contributed by atoms with Crippen LogP contribution >= 0.6 is 11.3 Å². The summed E-state index contributed by atoms with van der Waals surface area (Å²) in [7, 11) is -3.93. The van der Waals surface area contributed by atoms with E-state index in [1.54, 1.807) is 29.6 Å². The molecule has 4 N–H and O–H groups in total. The van der Waals surface area contributed by atoms with Gasteiger partial charge in [-0.25, -0.2) is 18.5 Å². The van der Waals surface area contributed by atoms with E-state index in [4.69, 9.17) is 9.56 Å². The van der Waals surface area contributed by atoms with Crippen molar-refractivity contribution in [3.63, 3.8) is 0 Å². The maximum absolute atomic E-state index is 12.0. The van der Waals surface area contributed by atoms with Crippen molar-refractivity contribution < 1.29 is 22.4 Å². The number of aromatic nitrogens is 1. The first-order valence-electron chi connectivity index (χ1n) is 7.99. The molecule has 28 heavy (non-hydrogen) atoms. The Bertz CT molecular complexity index is 1090. The number of rotatable bonds is 7. The zero-order valence-corrected chi connectivity index (χ0v) is 16.0. The third-order valence-corrected chi connectivity index (χ3v) is 5.36. The van der Waals surface area contributed by atoms with E-state index in [1.807, 2.05) is 6.07 Å². The van der Waals surface area contributed by atoms with Crippen molar-refractivity contribution in [1.82, 2.24) is 15.6 Å². The summed E-state index contributed by atoms with van der Waals surface area (Å²) in [6.45, 7) is 0.385. The van der Waals surface area contributed by atoms with Crippen LogP contribution in [-0.2, 0) is 23.1 Å². The van der Waals surface area contributed by atoms with Crippen molar-refractivity contribution in [3.8, 4) is 0 Å². The molecule has 0 atom stereocenters. The van der Waals surface area contributed by atoms with Gasteiger partial charge in [-0.05, 0) is 12.1 Å². The van der Waals surface area contributed by atoms with Gasteiger partial charge in [0.2, 0.25) is 10.0 Å². The van der Waals surface area contributed by atoms with Crippen molar-refractivity contribution in [2.45, 2.75) is 18.0 Å². The molecule has 0 bridgehead atoms. The Balaban J connectivity index is 1.51. The molecular weight excluding hydrogens is 404 g/mol. The first-order chi connectivity index (χ1) is 13.3. The minimum absolute atomic E-state index is 0.118. The van der Waals surface area contributed by atoms with Gasteiger partial charge in [0.1, 0.15) is 16.2 Å². The molecule has 0 aliphatic carbocycles. The van der Waals surface area contributed by atoms with Crippen LogP contribution in [0.1, 0.15) is 31.6 Å². The number of sulfonamides is 1. The van der Waals surface area contributed by atoms with Gasteiger partial charge in [-0.3, -0.25) is 9.59 Å². The minimum Gasteiger partial charge on any atom is -0.458 e. The van der Waals surface area contributed by atoms with Crippen molar-refractivity contribution >= 4 is 33.2 Å². The number of primary sulfonamides is 1. The van der Waals surface area contributed by atoms with E-state index in [9.17, 15) is 18.0 Å². The fourth-order valence-electron chi connectivity index (χ4n) is 2.20. The second-order valence-corrected chi connectivity index (χ2v) is 8.16. The molecule has 0 spiro atoms. The fraction of sp³-hybridized carbons (Fsp3) is 0.118. The number of nitrogens with zero attached hydrogens (tertiary/aromatic N) is 1. The van der Waals surface area contributed by atoms with Crippen LogP contribution in [0.3, 0.4) is 0 Å². The second kappa shape index (κ2) is 8.33. The van der Waals surface area contributed by atoms with Crippen LogP contribution in [-0.4, -0.2) is 25.2 Å². The predicted molar refractivity (Wildman–Crippen MR) is 101 cm³/mol. The molecule has 2 amide bonds. The first kappa shape index (κ1) is 19.7. The second-order valence-electron chi connectivity index (χ2n) is 5.66. The Labute approximate surface area is 164 Å². The molecule has 0 aliphatic heterocycles. The molecule has 3 rings (SSSR count). The molecule has 1 aromatic carbocycles. The lowest BCUT2D eigenvalue weighted by Gasteiger charge is -2.02. The summed E-state index contributed by atoms with van der Waals surface area (Å²) in [6.07, 6.45) is 0.903. The summed E-state index contributed by atoms with van der Waals surface area (Å²) in [5, 5.41) is 12.7. The maximum Gasteiger partial charge on any atom is 0.287 e. The fourth-order valence-corrected chi connectivity index (χ4v) is 3.39. The summed E-state index contributed by atoms with van der Waals surface area (Å²) >= 11 is 1.35. The molecule has 9 nitrogen and oxygen atoms in total. The third kappa shape index (κ3) is 5.03. The quantitative estimate of drug-likeness (QED) is 0.524. The molecule has 2 heterocycles. The summed E-state index contributed by atoms with van der Waals surface area (Å²) in [5.74, 6) is -0.967. The molecule has 0 radical (unpaired) electrons. The molecule has 0 saturated heterocycles. The Hall–Kier alpha value is -3.02. The van der Waals surface area contributed by atoms with E-state index in [0.717, 1.165) is 12.3 Å². The van der Waals surface area contributed by atoms with Crippen LogP contribution in [0.15, 0.2) is 57.4 Å². The van der Waals surface area contributed by atoms with Gasteiger partial charge in [-0.15, -0.1) is 11.3 Å². The molecule has 11 heteroatoms. The summed E-state index contributed by atoms with van der Waals surface area (Å²) in [5.41, 5.74) is 1.16. The van der Waals surface area contributed by atoms with Gasteiger partial charge < -0.3 is 15.1 Å². The molecule has 0 fully saturated rings. The number of carbonyl (C=O) groups excluding carboxylic acids is 2. The molecule has 3 aromatic rings. The van der Waals surface area contributed by atoms with Crippen LogP contribution in [0, 0.1) is 0 Å². The lowest BCUT2D eigenvalue weighted by Crippen LogP contribution is -2.23. The van der Waals surface area contributed by atoms with Gasteiger partial charge >= 0.3 is 0 Å². The highest BCUT2D eigenvalue weighted by Crippen LogP contribution is 2.13. The number of nitrogens with one attached hydrogen (secondary N) is 2. The molecule has 2 aromatic heterocycles. The van der Waals surface area contributed by atoms with Gasteiger partial charge in [-0.1, -0.05) is 18.2 Å². The number of thiazole rings is 1. The van der Waals surface area contributed by atoms with E-state index in [2.05, 4.69) is 15.6 Å². The number of hydrogen-bond donors (Lipinski definition) is 3. The van der Waals surface area contributed by atoms with Crippen molar-refractivity contribution in [2.24, 2.45) is 5.14 Å². The zero-order valence-electron chi connectivity index (χ0n) is 14.4. The standard InChI is InChI=1S/C17H16N4O5S2/c18-28(24,25)13-6-14(26-9-13)17(23)19-7-12-10-27-15(21-12)8-20-16(22)11-4-2-1-3-5-11/h1-6,9-10H,7-8H2,(H,19,23)(H,20,22)(H2,18,24,25). The first-order valence-corrected chi connectivity index (χ1v) is 10.4. The van der Waals surface area contributed by atoms with E-state index >= 15 is 0 Å². The van der Waals surface area contributed by atoms with Crippen molar-refractivity contribution in [3.05, 3.63) is 70.1 Å². The zero-order chi connectivity index (χ0) is 20.1. The van der Waals surface area contributed by atoms with Gasteiger partial charge in [0, 0.05) is 17.0 Å². The Morgan fingerprint density at radius 2 is 1.82 bits per heavy atom. The topological polar surface area (TPSA) is 144 Å². The third-order valence-electron chi connectivity index (χ3n) is 3.59. The van der Waals surface area contributed by atoms with Gasteiger partial charge in [0.15, 0.2) is 5.76 Å². The normalized spacial score (nSPS) is 11.2. The Kier molecular flexibility index (Phi) is 5.87. The Morgan fingerprint density at radius 1 is 1.11 bits per heavy atom. The van der Waals surface area contributed by atoms with Crippen LogP contribution in [0.5, 0.6) is 0 Å². The van der Waals surface area contributed by atoms with Crippen LogP contribution < -0.4 is 15.8 Å². The highest BCUT2D eigenvalue weighted by molar-refractivity contribution is 7.89. The van der Waals surface area contributed by atoms with E-state index in [-0.39, 0.29) is 29.7 Å². The minimum atomic E-state index is -3.93. The lowest BCUT2D eigenvalue weighted by atomic mass is 10.2. The highest BCUT2D eigenvalue weighted by Gasteiger charge is 2.17. The number of furan rings is 1. The molecule has 0 unspecified atom stereocenters. The lowest BCUT2D eigenvalue weighted by molar-refractivity contribution is 0.0921. The smallest absolute Gasteiger partial charge is 0.287 e. The van der Waals surface area contributed by atoms with Crippen LogP contribution in [0.25, 0.3) is 0 Å². The molecule has 0 saturated carbocycles. The number of hydrogen-bond acceptors (Lipinski definition) is 7. The van der Waals surface area contributed by atoms with Crippen molar-refractivity contribution in [2.75, 3.05) is 0 Å². The van der Waals surface area contributed by atoms with Gasteiger partial charge in [0.25, 0.3) is 11.8 Å². The molecule has 0 aliphatic rings. The summed E-state index contributed by atoms with van der Waals surface area (Å²) < 4.78 is 27.3. The largest absolute Gasteiger partial charge is 0.458 e. The van der Waals surface area contributed by atoms with Gasteiger partial charge in [0.05, 0.1) is 18.8 Å². The maximum atomic E-state index is 12.0. The summed E-state index contributed by atoms with van der Waals surface area (Å²) in [6, 6.07) is 9.88. The predicted octanol–water partition coefficient (Wildman–Crippen LogP) is 1.24. The van der Waals surface area contributed by atoms with E-state index in [1.165, 1.54) is 11.3 Å². The van der Waals surface area contributed by atoms with Crippen LogP contribution in [0.4, 0.5) is 0 Å². The van der Waals surface area contributed by atoms with Crippen molar-refractivity contribution in [1.29, 1.82) is 0 Å². The number of amides is 2. The molecule has 146 valence electrons. The average Bonchev–Trinajstić information content (AvgIpc) is 3.34. The molecular formula is C17H16N4O5S2. The average molecular weight is 420 g/mol. The van der Waals surface area contributed by atoms with Crippen LogP contribution in [0.2, 0.25) is 0 Å². The van der Waals surface area contributed by atoms with E-state index < -0.39 is 15.9 Å². The van der Waals surface area contributed by atoms with Gasteiger partial charge in [-0.2, -0.15) is 0 Å². The monoisotopic (exact) mass is 420 g/mol. The Morgan fingerprint density at radius 3 is 2.50 bits per heavy atom. The van der Waals surface area contributed by atoms with E-state index in [0.29, 0.717) is 16.3 Å². The highest BCUT2D eigenvalue weighted by atomic mass is 32.2. The SMILES string of the molecule is NS(=O)(=O)c1coc(C(=O)NCc2csc(CNC(=O)c3ccccc3)n2)c1. The number of carbonyl (C=O) groups is 2. The number of benzene rings is 1.